The number of nitrogens with zero attached hydrogens (tertiary/aromatic N) is 2. The van der Waals surface area contributed by atoms with Gasteiger partial charge in [0.25, 0.3) is 0 Å². The number of benzene rings is 2. The van der Waals surface area contributed by atoms with Crippen molar-refractivity contribution in [2.45, 2.75) is 12.4 Å². The number of piperazine rings is 1. The van der Waals surface area contributed by atoms with Gasteiger partial charge in [0.2, 0.25) is 0 Å². The molecule has 1 aliphatic rings. The SMILES string of the molecule is Cl.Cl.N#Cc1cccc([C@H](c2ccc(OC(F)(F)F)cc2)N2CCNCC2)c1. The Bertz CT molecular complexity index is 788. The Morgan fingerprint density at radius 2 is 1.64 bits per heavy atom. The van der Waals surface area contributed by atoms with Crippen LogP contribution in [0.2, 0.25) is 0 Å². The van der Waals surface area contributed by atoms with Crippen LogP contribution in [0.25, 0.3) is 0 Å². The number of nitrogens with one attached hydrogen (secondary N) is 1. The molecular weight excluding hydrogens is 414 g/mol. The molecule has 0 amide bonds. The first-order chi connectivity index (χ1) is 12.5. The lowest BCUT2D eigenvalue weighted by Crippen LogP contribution is -2.45. The number of halogens is 5. The van der Waals surface area contributed by atoms with Crippen LogP contribution in [0.3, 0.4) is 0 Å². The highest BCUT2D eigenvalue weighted by atomic mass is 35.5. The standard InChI is InChI=1S/C19H18F3N3O.2ClH/c20-19(21,22)26-17-6-4-15(5-7-17)18(25-10-8-24-9-11-25)16-3-1-2-14(12-16)13-23;;/h1-7,12,18,24H,8-11H2;2*1H/t18-;;/m0../s1. The Balaban J connectivity index is 0.00000196. The van der Waals surface area contributed by atoms with Crippen molar-refractivity contribution in [3.05, 3.63) is 65.2 Å². The summed E-state index contributed by atoms with van der Waals surface area (Å²) >= 11 is 0. The van der Waals surface area contributed by atoms with Crippen LogP contribution in [-0.4, -0.2) is 37.4 Å². The van der Waals surface area contributed by atoms with Crippen LogP contribution in [0.1, 0.15) is 22.7 Å². The number of nitriles is 1. The highest BCUT2D eigenvalue weighted by Crippen LogP contribution is 2.31. The van der Waals surface area contributed by atoms with Gasteiger partial charge in [-0.3, -0.25) is 4.90 Å². The van der Waals surface area contributed by atoms with E-state index in [4.69, 9.17) is 0 Å². The Hall–Kier alpha value is -1.98. The molecule has 2 aromatic rings. The molecule has 1 atom stereocenters. The fourth-order valence-corrected chi connectivity index (χ4v) is 3.18. The molecule has 0 saturated carbocycles. The number of hydrogen-bond donors (Lipinski definition) is 1. The second-order valence-electron chi connectivity index (χ2n) is 6.04. The van der Waals surface area contributed by atoms with Gasteiger partial charge in [0.15, 0.2) is 0 Å². The lowest BCUT2D eigenvalue weighted by molar-refractivity contribution is -0.274. The zero-order valence-electron chi connectivity index (χ0n) is 14.8. The third-order valence-electron chi connectivity index (χ3n) is 4.28. The molecule has 0 radical (unpaired) electrons. The van der Waals surface area contributed by atoms with Gasteiger partial charge >= 0.3 is 6.36 Å². The monoisotopic (exact) mass is 433 g/mol. The Morgan fingerprint density at radius 3 is 2.21 bits per heavy atom. The minimum Gasteiger partial charge on any atom is -0.406 e. The van der Waals surface area contributed by atoms with Crippen molar-refractivity contribution in [2.75, 3.05) is 26.2 Å². The normalized spacial score (nSPS) is 15.5. The minimum absolute atomic E-state index is 0. The fraction of sp³-hybridized carbons (Fsp3) is 0.316. The molecule has 1 fully saturated rings. The zero-order valence-corrected chi connectivity index (χ0v) is 16.4. The van der Waals surface area contributed by atoms with Crippen LogP contribution < -0.4 is 10.1 Å². The van der Waals surface area contributed by atoms with Gasteiger partial charge < -0.3 is 10.1 Å². The summed E-state index contributed by atoms with van der Waals surface area (Å²) in [7, 11) is 0. The van der Waals surface area contributed by atoms with Crippen LogP contribution in [0.5, 0.6) is 5.75 Å². The van der Waals surface area contributed by atoms with Crippen molar-refractivity contribution in [1.29, 1.82) is 5.26 Å². The van der Waals surface area contributed by atoms with E-state index in [2.05, 4.69) is 21.0 Å². The first kappa shape index (κ1) is 24.1. The van der Waals surface area contributed by atoms with Crippen molar-refractivity contribution in [3.8, 4) is 11.8 Å². The summed E-state index contributed by atoms with van der Waals surface area (Å²) in [6.07, 6.45) is -4.71. The molecular formula is C19H20Cl2F3N3O. The summed E-state index contributed by atoms with van der Waals surface area (Å²) in [6.45, 7) is 3.29. The highest BCUT2D eigenvalue weighted by molar-refractivity contribution is 5.85. The van der Waals surface area contributed by atoms with E-state index < -0.39 is 6.36 Å². The molecule has 28 heavy (non-hydrogen) atoms. The zero-order chi connectivity index (χ0) is 18.6. The molecule has 0 unspecified atom stereocenters. The number of alkyl halides is 3. The van der Waals surface area contributed by atoms with Gasteiger partial charge in [0, 0.05) is 26.2 Å². The number of ether oxygens (including phenoxy) is 1. The summed E-state index contributed by atoms with van der Waals surface area (Å²) < 4.78 is 41.1. The third-order valence-corrected chi connectivity index (χ3v) is 4.28. The van der Waals surface area contributed by atoms with Crippen LogP contribution in [0.15, 0.2) is 48.5 Å². The largest absolute Gasteiger partial charge is 0.573 e. The van der Waals surface area contributed by atoms with Crippen molar-refractivity contribution < 1.29 is 17.9 Å². The average Bonchev–Trinajstić information content (AvgIpc) is 2.63. The van der Waals surface area contributed by atoms with Gasteiger partial charge in [-0.1, -0.05) is 24.3 Å². The van der Waals surface area contributed by atoms with E-state index in [1.807, 2.05) is 18.2 Å². The predicted octanol–water partition coefficient (Wildman–Crippen LogP) is 4.30. The molecule has 2 aromatic carbocycles. The minimum atomic E-state index is -4.71. The van der Waals surface area contributed by atoms with Gasteiger partial charge in [-0.05, 0) is 35.4 Å². The van der Waals surface area contributed by atoms with Crippen molar-refractivity contribution in [1.82, 2.24) is 10.2 Å². The van der Waals surface area contributed by atoms with E-state index in [9.17, 15) is 18.4 Å². The Kier molecular flexibility index (Phi) is 9.05. The van der Waals surface area contributed by atoms with Crippen molar-refractivity contribution in [2.24, 2.45) is 0 Å². The molecule has 3 rings (SSSR count). The van der Waals surface area contributed by atoms with E-state index in [0.29, 0.717) is 5.56 Å². The lowest BCUT2D eigenvalue weighted by Gasteiger charge is -2.35. The van der Waals surface area contributed by atoms with Gasteiger partial charge in [-0.15, -0.1) is 38.0 Å². The molecule has 4 nitrogen and oxygen atoms in total. The second-order valence-corrected chi connectivity index (χ2v) is 6.04. The lowest BCUT2D eigenvalue weighted by atomic mass is 9.95. The van der Waals surface area contributed by atoms with Gasteiger partial charge in [0.05, 0.1) is 17.7 Å². The quantitative estimate of drug-likeness (QED) is 0.780. The van der Waals surface area contributed by atoms with E-state index in [1.54, 1.807) is 18.2 Å². The van der Waals surface area contributed by atoms with Crippen LogP contribution in [-0.2, 0) is 0 Å². The third kappa shape index (κ3) is 6.28. The average molecular weight is 434 g/mol. The molecule has 1 saturated heterocycles. The summed E-state index contributed by atoms with van der Waals surface area (Å²) in [6, 6.07) is 15.3. The van der Waals surface area contributed by atoms with Crippen LogP contribution in [0, 0.1) is 11.3 Å². The topological polar surface area (TPSA) is 48.3 Å². The van der Waals surface area contributed by atoms with Crippen molar-refractivity contribution in [3.63, 3.8) is 0 Å². The molecule has 0 aliphatic carbocycles. The molecule has 0 aromatic heterocycles. The van der Waals surface area contributed by atoms with E-state index in [1.165, 1.54) is 12.1 Å². The maximum atomic E-state index is 12.4. The molecule has 0 bridgehead atoms. The van der Waals surface area contributed by atoms with E-state index in [0.717, 1.165) is 37.3 Å². The summed E-state index contributed by atoms with van der Waals surface area (Å²) in [5.74, 6) is -0.244. The van der Waals surface area contributed by atoms with Gasteiger partial charge in [0.1, 0.15) is 5.75 Å². The molecule has 1 heterocycles. The summed E-state index contributed by atoms with van der Waals surface area (Å²) in [5, 5.41) is 12.5. The van der Waals surface area contributed by atoms with E-state index in [-0.39, 0.29) is 36.6 Å². The Morgan fingerprint density at radius 1 is 1.00 bits per heavy atom. The van der Waals surface area contributed by atoms with Crippen molar-refractivity contribution >= 4 is 24.8 Å². The molecule has 9 heteroatoms. The molecule has 1 aliphatic heterocycles. The first-order valence-corrected chi connectivity index (χ1v) is 8.27. The summed E-state index contributed by atoms with van der Waals surface area (Å²) in [5.41, 5.74) is 2.35. The first-order valence-electron chi connectivity index (χ1n) is 8.27. The maximum absolute atomic E-state index is 12.4. The second kappa shape index (κ2) is 10.5. The van der Waals surface area contributed by atoms with Crippen LogP contribution >= 0.6 is 24.8 Å². The fourth-order valence-electron chi connectivity index (χ4n) is 3.18. The maximum Gasteiger partial charge on any atom is 0.573 e. The highest BCUT2D eigenvalue weighted by Gasteiger charge is 2.31. The molecule has 0 spiro atoms. The predicted molar refractivity (Wildman–Crippen MR) is 105 cm³/mol. The number of hydrogen-bond acceptors (Lipinski definition) is 4. The van der Waals surface area contributed by atoms with Crippen LogP contribution in [0.4, 0.5) is 13.2 Å². The van der Waals surface area contributed by atoms with E-state index >= 15 is 0 Å². The summed E-state index contributed by atoms with van der Waals surface area (Å²) in [4.78, 5) is 2.26. The van der Waals surface area contributed by atoms with Gasteiger partial charge in [-0.2, -0.15) is 5.26 Å². The molecule has 152 valence electrons. The van der Waals surface area contributed by atoms with Gasteiger partial charge in [-0.25, -0.2) is 0 Å². The Labute approximate surface area is 174 Å². The molecule has 1 N–H and O–H groups in total. The smallest absolute Gasteiger partial charge is 0.406 e. The number of rotatable bonds is 4.